The molecule has 0 saturated heterocycles. The lowest BCUT2D eigenvalue weighted by Gasteiger charge is -2.17. The van der Waals surface area contributed by atoms with Crippen molar-refractivity contribution in [2.45, 2.75) is 31.9 Å². The van der Waals surface area contributed by atoms with Crippen molar-refractivity contribution >= 4 is 5.91 Å². The summed E-state index contributed by atoms with van der Waals surface area (Å²) in [5.41, 5.74) is 1.19. The molecule has 23 heavy (non-hydrogen) atoms. The number of hydrogen-bond acceptors (Lipinski definition) is 3. The molecule has 2 aromatic rings. The Labute approximate surface area is 134 Å². The van der Waals surface area contributed by atoms with E-state index >= 15 is 0 Å². The van der Waals surface area contributed by atoms with Crippen molar-refractivity contribution in [3.05, 3.63) is 65.5 Å². The number of carbonyl (C=O) groups is 1. The summed E-state index contributed by atoms with van der Waals surface area (Å²) in [7, 11) is 0. The molecule has 1 amide bonds. The summed E-state index contributed by atoms with van der Waals surface area (Å²) in [6.07, 6.45) is -0.0812. The SMILES string of the molecule is CC(CCc1cccc(F)c1)NC(=O)C(O)c1cccc(O)c1. The zero-order valence-electron chi connectivity index (χ0n) is 12.9. The molecule has 2 atom stereocenters. The van der Waals surface area contributed by atoms with Gasteiger partial charge < -0.3 is 15.5 Å². The summed E-state index contributed by atoms with van der Waals surface area (Å²) >= 11 is 0. The van der Waals surface area contributed by atoms with E-state index in [1.165, 1.54) is 24.3 Å². The number of phenols is 1. The number of hydrogen-bond donors (Lipinski definition) is 3. The molecule has 0 aliphatic carbocycles. The van der Waals surface area contributed by atoms with E-state index in [9.17, 15) is 19.4 Å². The second-order valence-electron chi connectivity index (χ2n) is 5.58. The number of amides is 1. The van der Waals surface area contributed by atoms with Crippen LogP contribution in [-0.2, 0) is 11.2 Å². The molecule has 0 aliphatic rings. The Morgan fingerprint density at radius 1 is 1.22 bits per heavy atom. The minimum atomic E-state index is -1.33. The number of benzene rings is 2. The number of halogens is 1. The molecule has 0 saturated carbocycles. The Morgan fingerprint density at radius 3 is 2.65 bits per heavy atom. The molecule has 0 radical (unpaired) electrons. The molecular weight excluding hydrogens is 297 g/mol. The molecule has 122 valence electrons. The normalized spacial score (nSPS) is 13.3. The number of aryl methyl sites for hydroxylation is 1. The first kappa shape index (κ1) is 17.0. The van der Waals surface area contributed by atoms with Gasteiger partial charge in [0.05, 0.1) is 0 Å². The number of phenolic OH excluding ortho intramolecular Hbond substituents is 1. The monoisotopic (exact) mass is 317 g/mol. The number of rotatable bonds is 6. The van der Waals surface area contributed by atoms with Gasteiger partial charge in [-0.1, -0.05) is 24.3 Å². The summed E-state index contributed by atoms with van der Waals surface area (Å²) in [5.74, 6) is -0.811. The fourth-order valence-electron chi connectivity index (χ4n) is 2.32. The second-order valence-corrected chi connectivity index (χ2v) is 5.58. The fraction of sp³-hybridized carbons (Fsp3) is 0.278. The van der Waals surface area contributed by atoms with Crippen LogP contribution >= 0.6 is 0 Å². The zero-order chi connectivity index (χ0) is 16.8. The average Bonchev–Trinajstić information content (AvgIpc) is 2.52. The topological polar surface area (TPSA) is 69.6 Å². The van der Waals surface area contributed by atoms with Crippen LogP contribution in [-0.4, -0.2) is 22.2 Å². The van der Waals surface area contributed by atoms with Gasteiger partial charge in [0.25, 0.3) is 5.91 Å². The van der Waals surface area contributed by atoms with Gasteiger partial charge in [-0.25, -0.2) is 4.39 Å². The quantitative estimate of drug-likeness (QED) is 0.767. The predicted molar refractivity (Wildman–Crippen MR) is 85.4 cm³/mol. The van der Waals surface area contributed by atoms with Crippen LogP contribution in [0.2, 0.25) is 0 Å². The standard InChI is InChI=1S/C18H20FNO3/c1-12(8-9-13-4-2-6-15(19)10-13)20-18(23)17(22)14-5-3-7-16(21)11-14/h2-7,10-12,17,21-22H,8-9H2,1H3,(H,20,23). The predicted octanol–water partition coefficient (Wildman–Crippen LogP) is 2.70. The average molecular weight is 317 g/mol. The van der Waals surface area contributed by atoms with Gasteiger partial charge in [0.2, 0.25) is 0 Å². The Bertz CT molecular complexity index is 675. The number of nitrogens with one attached hydrogen (secondary N) is 1. The first-order chi connectivity index (χ1) is 11.0. The highest BCUT2D eigenvalue weighted by Crippen LogP contribution is 2.18. The van der Waals surface area contributed by atoms with Crippen LogP contribution in [0.4, 0.5) is 4.39 Å². The molecular formula is C18H20FNO3. The summed E-state index contributed by atoms with van der Waals surface area (Å²) in [4.78, 5) is 12.0. The van der Waals surface area contributed by atoms with Crippen molar-refractivity contribution in [1.82, 2.24) is 5.32 Å². The van der Waals surface area contributed by atoms with E-state index in [1.807, 2.05) is 13.0 Å². The number of aliphatic hydroxyl groups excluding tert-OH is 1. The van der Waals surface area contributed by atoms with Crippen LogP contribution in [0, 0.1) is 5.82 Å². The van der Waals surface area contributed by atoms with Crippen LogP contribution in [0.1, 0.15) is 30.6 Å². The van der Waals surface area contributed by atoms with Gasteiger partial charge in [0.15, 0.2) is 6.10 Å². The lowest BCUT2D eigenvalue weighted by atomic mass is 10.0. The number of aromatic hydroxyl groups is 1. The molecule has 0 spiro atoms. The summed E-state index contributed by atoms with van der Waals surface area (Å²) < 4.78 is 13.1. The third-order valence-electron chi connectivity index (χ3n) is 3.58. The molecule has 2 unspecified atom stereocenters. The molecule has 0 heterocycles. The highest BCUT2D eigenvalue weighted by molar-refractivity contribution is 5.82. The Morgan fingerprint density at radius 2 is 1.96 bits per heavy atom. The zero-order valence-corrected chi connectivity index (χ0v) is 12.9. The van der Waals surface area contributed by atoms with Crippen LogP contribution < -0.4 is 5.32 Å². The van der Waals surface area contributed by atoms with Gasteiger partial charge in [-0.3, -0.25) is 4.79 Å². The molecule has 5 heteroatoms. The van der Waals surface area contributed by atoms with Crippen LogP contribution in [0.15, 0.2) is 48.5 Å². The van der Waals surface area contributed by atoms with Crippen molar-refractivity contribution in [2.24, 2.45) is 0 Å². The minimum Gasteiger partial charge on any atom is -0.508 e. The Balaban J connectivity index is 1.86. The number of aliphatic hydroxyl groups is 1. The van der Waals surface area contributed by atoms with Gasteiger partial charge in [-0.05, 0) is 55.2 Å². The van der Waals surface area contributed by atoms with E-state index in [4.69, 9.17) is 0 Å². The Hall–Kier alpha value is -2.40. The largest absolute Gasteiger partial charge is 0.508 e. The maximum Gasteiger partial charge on any atom is 0.253 e. The smallest absolute Gasteiger partial charge is 0.253 e. The molecule has 2 aromatic carbocycles. The van der Waals surface area contributed by atoms with E-state index in [0.29, 0.717) is 18.4 Å². The fourth-order valence-corrected chi connectivity index (χ4v) is 2.32. The molecule has 0 bridgehead atoms. The van der Waals surface area contributed by atoms with Gasteiger partial charge >= 0.3 is 0 Å². The summed E-state index contributed by atoms with van der Waals surface area (Å²) in [6.45, 7) is 1.83. The third kappa shape index (κ3) is 5.07. The van der Waals surface area contributed by atoms with Gasteiger partial charge in [-0.15, -0.1) is 0 Å². The highest BCUT2D eigenvalue weighted by atomic mass is 19.1. The molecule has 3 N–H and O–H groups in total. The summed E-state index contributed by atoms with van der Waals surface area (Å²) in [6, 6.07) is 12.1. The van der Waals surface area contributed by atoms with Gasteiger partial charge in [-0.2, -0.15) is 0 Å². The number of carbonyl (C=O) groups excluding carboxylic acids is 1. The van der Waals surface area contributed by atoms with E-state index in [1.54, 1.807) is 18.2 Å². The van der Waals surface area contributed by atoms with E-state index in [-0.39, 0.29) is 17.6 Å². The maximum atomic E-state index is 13.1. The lowest BCUT2D eigenvalue weighted by Crippen LogP contribution is -2.36. The van der Waals surface area contributed by atoms with E-state index < -0.39 is 12.0 Å². The minimum absolute atomic E-state index is 0.00602. The molecule has 4 nitrogen and oxygen atoms in total. The first-order valence-electron chi connectivity index (χ1n) is 7.47. The van der Waals surface area contributed by atoms with Crippen molar-refractivity contribution in [3.8, 4) is 5.75 Å². The van der Waals surface area contributed by atoms with E-state index in [0.717, 1.165) is 5.56 Å². The molecule has 0 aromatic heterocycles. The van der Waals surface area contributed by atoms with Crippen LogP contribution in [0.3, 0.4) is 0 Å². The maximum absolute atomic E-state index is 13.1. The van der Waals surface area contributed by atoms with Crippen molar-refractivity contribution < 1.29 is 19.4 Å². The van der Waals surface area contributed by atoms with Gasteiger partial charge in [0.1, 0.15) is 11.6 Å². The van der Waals surface area contributed by atoms with Crippen LogP contribution in [0.25, 0.3) is 0 Å². The highest BCUT2D eigenvalue weighted by Gasteiger charge is 2.19. The molecule has 0 fully saturated rings. The van der Waals surface area contributed by atoms with Crippen molar-refractivity contribution in [1.29, 1.82) is 0 Å². The second kappa shape index (κ2) is 7.74. The van der Waals surface area contributed by atoms with Crippen molar-refractivity contribution in [2.75, 3.05) is 0 Å². The molecule has 0 aliphatic heterocycles. The summed E-state index contributed by atoms with van der Waals surface area (Å²) in [5, 5.41) is 22.1. The molecule has 2 rings (SSSR count). The van der Waals surface area contributed by atoms with E-state index in [2.05, 4.69) is 5.32 Å². The first-order valence-corrected chi connectivity index (χ1v) is 7.47. The lowest BCUT2D eigenvalue weighted by molar-refractivity contribution is -0.130. The van der Waals surface area contributed by atoms with Gasteiger partial charge in [0, 0.05) is 6.04 Å². The van der Waals surface area contributed by atoms with Crippen LogP contribution in [0.5, 0.6) is 5.75 Å². The van der Waals surface area contributed by atoms with Crippen molar-refractivity contribution in [3.63, 3.8) is 0 Å². The third-order valence-corrected chi connectivity index (χ3v) is 3.58. The Kier molecular flexibility index (Phi) is 5.71.